The van der Waals surface area contributed by atoms with Crippen molar-refractivity contribution in [2.75, 3.05) is 0 Å². The maximum absolute atomic E-state index is 11.9. The average Bonchev–Trinajstić information content (AvgIpc) is 2.39. The van der Waals surface area contributed by atoms with Gasteiger partial charge in [0.2, 0.25) is 0 Å². The second kappa shape index (κ2) is 7.50. The molecule has 112 valence electrons. The summed E-state index contributed by atoms with van der Waals surface area (Å²) in [5.41, 5.74) is 0.195. The van der Waals surface area contributed by atoms with Gasteiger partial charge >= 0.3 is 5.97 Å². The van der Waals surface area contributed by atoms with Gasteiger partial charge in [0.15, 0.2) is 0 Å². The van der Waals surface area contributed by atoms with E-state index in [1.165, 1.54) is 18.2 Å². The van der Waals surface area contributed by atoms with Crippen molar-refractivity contribution < 1.29 is 19.4 Å². The van der Waals surface area contributed by atoms with Gasteiger partial charge in [-0.1, -0.05) is 11.6 Å². The number of carboxylic acid groups (broad SMARTS) is 1. The Bertz CT molecular complexity index is 581. The number of ether oxygens (including phenoxy) is 1. The number of amides is 1. The molecule has 0 aliphatic carbocycles. The van der Waals surface area contributed by atoms with Crippen LogP contribution in [0.4, 0.5) is 0 Å². The van der Waals surface area contributed by atoms with E-state index in [4.69, 9.17) is 26.7 Å². The molecule has 7 heteroatoms. The van der Waals surface area contributed by atoms with Gasteiger partial charge < -0.3 is 15.2 Å². The van der Waals surface area contributed by atoms with Crippen molar-refractivity contribution in [2.45, 2.75) is 32.4 Å². The minimum atomic E-state index is -1.27. The Labute approximate surface area is 127 Å². The van der Waals surface area contributed by atoms with E-state index in [1.54, 1.807) is 6.07 Å². The van der Waals surface area contributed by atoms with Crippen LogP contribution >= 0.6 is 11.6 Å². The highest BCUT2D eigenvalue weighted by atomic mass is 35.5. The summed E-state index contributed by atoms with van der Waals surface area (Å²) in [6.07, 6.45) is -0.377. The molecule has 1 rings (SSSR count). The fraction of sp³-hybridized carbons (Fsp3) is 0.357. The van der Waals surface area contributed by atoms with Crippen LogP contribution in [-0.2, 0) is 4.79 Å². The van der Waals surface area contributed by atoms with Crippen LogP contribution in [0.3, 0.4) is 0 Å². The molecular weight excluding hydrogens is 296 g/mol. The van der Waals surface area contributed by atoms with E-state index in [2.05, 4.69) is 5.32 Å². The molecule has 2 N–H and O–H groups in total. The second-order valence-corrected chi connectivity index (χ2v) is 4.95. The lowest BCUT2D eigenvalue weighted by Gasteiger charge is -2.14. The zero-order valence-electron chi connectivity index (χ0n) is 11.6. The topological polar surface area (TPSA) is 99.4 Å². The highest BCUT2D eigenvalue weighted by Crippen LogP contribution is 2.26. The van der Waals surface area contributed by atoms with E-state index in [0.717, 1.165) is 0 Å². The summed E-state index contributed by atoms with van der Waals surface area (Å²) in [5.74, 6) is -1.44. The second-order valence-electron chi connectivity index (χ2n) is 4.54. The third kappa shape index (κ3) is 4.97. The Balaban J connectivity index is 2.86. The number of halogens is 1. The van der Waals surface area contributed by atoms with Gasteiger partial charge in [0.25, 0.3) is 5.91 Å². The number of hydrogen-bond donors (Lipinski definition) is 2. The fourth-order valence-corrected chi connectivity index (χ4v) is 1.75. The molecule has 1 amide bonds. The molecule has 1 aromatic carbocycles. The Kier molecular flexibility index (Phi) is 6.00. The summed E-state index contributed by atoms with van der Waals surface area (Å²) in [6.45, 7) is 3.69. The third-order valence-corrected chi connectivity index (χ3v) is 2.75. The van der Waals surface area contributed by atoms with E-state index in [9.17, 15) is 9.59 Å². The van der Waals surface area contributed by atoms with E-state index in [-0.39, 0.29) is 23.1 Å². The number of carbonyl (C=O) groups excluding carboxylic acids is 1. The minimum absolute atomic E-state index is 0.0609. The molecule has 1 aromatic rings. The Morgan fingerprint density at radius 3 is 2.62 bits per heavy atom. The Hall–Kier alpha value is -2.26. The number of nitriles is 1. The summed E-state index contributed by atoms with van der Waals surface area (Å²) in [5, 5.41) is 19.9. The van der Waals surface area contributed by atoms with Crippen molar-refractivity contribution in [3.8, 4) is 11.8 Å². The summed E-state index contributed by atoms with van der Waals surface area (Å²) >= 11 is 6.00. The summed E-state index contributed by atoms with van der Waals surface area (Å²) in [6, 6.07) is 4.85. The van der Waals surface area contributed by atoms with Crippen LogP contribution in [0.25, 0.3) is 0 Å². The van der Waals surface area contributed by atoms with Crippen LogP contribution in [0.5, 0.6) is 5.75 Å². The summed E-state index contributed by atoms with van der Waals surface area (Å²) < 4.78 is 5.44. The van der Waals surface area contributed by atoms with Crippen molar-refractivity contribution in [3.63, 3.8) is 0 Å². The molecule has 0 radical (unpaired) electrons. The molecule has 0 aromatic heterocycles. The van der Waals surface area contributed by atoms with Crippen LogP contribution in [0.2, 0.25) is 5.02 Å². The van der Waals surface area contributed by atoms with Gasteiger partial charge in [0, 0.05) is 5.56 Å². The molecule has 0 unspecified atom stereocenters. The van der Waals surface area contributed by atoms with Gasteiger partial charge in [0.1, 0.15) is 11.8 Å². The largest absolute Gasteiger partial charge is 0.489 e. The fourth-order valence-electron chi connectivity index (χ4n) is 1.52. The van der Waals surface area contributed by atoms with Gasteiger partial charge in [-0.15, -0.1) is 0 Å². The number of nitrogens with zero attached hydrogens (tertiary/aromatic N) is 1. The quantitative estimate of drug-likeness (QED) is 0.839. The zero-order valence-corrected chi connectivity index (χ0v) is 12.3. The van der Waals surface area contributed by atoms with Crippen molar-refractivity contribution in [1.82, 2.24) is 5.32 Å². The van der Waals surface area contributed by atoms with Gasteiger partial charge in [-0.3, -0.25) is 4.79 Å². The monoisotopic (exact) mass is 310 g/mol. The molecule has 0 spiro atoms. The van der Waals surface area contributed by atoms with Gasteiger partial charge in [-0.2, -0.15) is 5.26 Å². The first-order chi connectivity index (χ1) is 9.85. The number of hydrogen-bond acceptors (Lipinski definition) is 4. The lowest BCUT2D eigenvalue weighted by atomic mass is 10.1. The third-order valence-electron chi connectivity index (χ3n) is 2.46. The predicted octanol–water partition coefficient (Wildman–Crippen LogP) is 2.22. The van der Waals surface area contributed by atoms with E-state index in [0.29, 0.717) is 5.75 Å². The maximum atomic E-state index is 11.9. The summed E-state index contributed by atoms with van der Waals surface area (Å²) in [4.78, 5) is 22.8. The van der Waals surface area contributed by atoms with Crippen LogP contribution < -0.4 is 10.1 Å². The number of nitrogens with one attached hydrogen (secondary N) is 1. The standard InChI is InChI=1S/C14H15ClN2O4/c1-8(2)21-12-4-3-9(7-10(12)15)13(18)17-11(5-6-16)14(19)20/h3-4,7-8,11H,5H2,1-2H3,(H,17,18)(H,19,20)/t11-/m0/s1. The highest BCUT2D eigenvalue weighted by molar-refractivity contribution is 6.32. The molecule has 0 aliphatic rings. The van der Waals surface area contributed by atoms with E-state index < -0.39 is 17.9 Å². The molecule has 0 saturated carbocycles. The number of benzene rings is 1. The normalized spacial score (nSPS) is 11.6. The lowest BCUT2D eigenvalue weighted by Crippen LogP contribution is -2.40. The van der Waals surface area contributed by atoms with E-state index in [1.807, 2.05) is 13.8 Å². The zero-order chi connectivity index (χ0) is 16.0. The molecule has 21 heavy (non-hydrogen) atoms. The van der Waals surface area contributed by atoms with Crippen LogP contribution in [0.1, 0.15) is 30.6 Å². The average molecular weight is 311 g/mol. The van der Waals surface area contributed by atoms with Gasteiger partial charge in [0.05, 0.1) is 23.6 Å². The first-order valence-corrected chi connectivity index (χ1v) is 6.59. The smallest absolute Gasteiger partial charge is 0.327 e. The predicted molar refractivity (Wildman–Crippen MR) is 76.3 cm³/mol. The molecule has 0 fully saturated rings. The molecule has 0 bridgehead atoms. The number of rotatable bonds is 6. The van der Waals surface area contributed by atoms with Crippen LogP contribution in [0.15, 0.2) is 18.2 Å². The first-order valence-electron chi connectivity index (χ1n) is 6.22. The molecule has 1 atom stereocenters. The van der Waals surface area contributed by atoms with Crippen molar-refractivity contribution in [1.29, 1.82) is 5.26 Å². The highest BCUT2D eigenvalue weighted by Gasteiger charge is 2.20. The van der Waals surface area contributed by atoms with Crippen LogP contribution in [-0.4, -0.2) is 29.1 Å². The van der Waals surface area contributed by atoms with Gasteiger partial charge in [-0.05, 0) is 32.0 Å². The molecule has 0 aliphatic heterocycles. The SMILES string of the molecule is CC(C)Oc1ccc(C(=O)N[C@@H](CC#N)C(=O)O)cc1Cl. The lowest BCUT2D eigenvalue weighted by molar-refractivity contribution is -0.139. The molecule has 0 saturated heterocycles. The minimum Gasteiger partial charge on any atom is -0.489 e. The Morgan fingerprint density at radius 1 is 1.48 bits per heavy atom. The number of carbonyl (C=O) groups is 2. The maximum Gasteiger partial charge on any atom is 0.327 e. The van der Waals surface area contributed by atoms with E-state index >= 15 is 0 Å². The summed E-state index contributed by atoms with van der Waals surface area (Å²) in [7, 11) is 0. The Morgan fingerprint density at radius 2 is 2.14 bits per heavy atom. The van der Waals surface area contributed by atoms with Crippen LogP contribution in [0, 0.1) is 11.3 Å². The van der Waals surface area contributed by atoms with Crippen molar-refractivity contribution in [3.05, 3.63) is 28.8 Å². The first kappa shape index (κ1) is 16.8. The molecule has 6 nitrogen and oxygen atoms in total. The number of aliphatic carboxylic acids is 1. The van der Waals surface area contributed by atoms with Crippen molar-refractivity contribution in [2.24, 2.45) is 0 Å². The van der Waals surface area contributed by atoms with Crippen molar-refractivity contribution >= 4 is 23.5 Å². The molecule has 0 heterocycles. The molecular formula is C14H15ClN2O4. The van der Waals surface area contributed by atoms with Gasteiger partial charge in [-0.25, -0.2) is 4.79 Å². The number of carboxylic acids is 1.